The van der Waals surface area contributed by atoms with E-state index in [4.69, 9.17) is 14.1 Å². The first kappa shape index (κ1) is 21.8. The number of oxazole rings is 1. The van der Waals surface area contributed by atoms with Gasteiger partial charge in [0.15, 0.2) is 5.58 Å². The number of morpholine rings is 1. The molecule has 2 atom stereocenters. The van der Waals surface area contributed by atoms with Crippen LogP contribution in [-0.2, 0) is 9.53 Å². The molecule has 9 nitrogen and oxygen atoms in total. The minimum atomic E-state index is 0.0161. The van der Waals surface area contributed by atoms with E-state index >= 15 is 0 Å². The largest absolute Gasteiger partial charge is 0.436 e. The number of hydrogen-bond acceptors (Lipinski definition) is 8. The topological polar surface area (TPSA) is 105 Å². The maximum absolute atomic E-state index is 12.3. The molecule has 0 radical (unpaired) electrons. The number of fused-ring (bicyclic) bond motifs is 2. The molecule has 1 saturated carbocycles. The first-order valence-electron chi connectivity index (χ1n) is 12.1. The number of amides is 1. The molecule has 4 aromatic rings. The van der Waals surface area contributed by atoms with Gasteiger partial charge in [-0.05, 0) is 51.0 Å². The molecule has 1 amide bonds. The van der Waals surface area contributed by atoms with E-state index in [9.17, 15) is 4.79 Å². The highest BCUT2D eigenvalue weighted by Crippen LogP contribution is 2.35. The van der Waals surface area contributed by atoms with Crippen LogP contribution >= 0.6 is 0 Å². The van der Waals surface area contributed by atoms with E-state index in [2.05, 4.69) is 51.5 Å². The number of nitrogens with one attached hydrogen (secondary N) is 2. The molecule has 9 heteroatoms. The van der Waals surface area contributed by atoms with Crippen molar-refractivity contribution in [1.29, 1.82) is 0 Å². The summed E-state index contributed by atoms with van der Waals surface area (Å²) in [7, 11) is 1.82. The number of anilines is 3. The summed E-state index contributed by atoms with van der Waals surface area (Å²) in [5, 5.41) is 7.72. The number of pyridine rings is 2. The van der Waals surface area contributed by atoms with Crippen molar-refractivity contribution in [3.63, 3.8) is 0 Å². The van der Waals surface area contributed by atoms with Crippen molar-refractivity contribution < 1.29 is 13.9 Å². The zero-order chi connectivity index (χ0) is 24.1. The second-order valence-corrected chi connectivity index (χ2v) is 9.48. The highest BCUT2D eigenvalue weighted by molar-refractivity contribution is 6.03. The Balaban J connectivity index is 1.39. The van der Waals surface area contributed by atoms with Crippen LogP contribution in [0.25, 0.3) is 33.3 Å². The third-order valence-electron chi connectivity index (χ3n) is 6.59. The molecule has 35 heavy (non-hydrogen) atoms. The molecule has 0 spiro atoms. The van der Waals surface area contributed by atoms with E-state index < -0.39 is 0 Å². The average Bonchev–Trinajstić information content (AvgIpc) is 3.61. The Morgan fingerprint density at radius 2 is 1.86 bits per heavy atom. The Kier molecular flexibility index (Phi) is 5.29. The van der Waals surface area contributed by atoms with E-state index in [0.29, 0.717) is 23.1 Å². The highest BCUT2D eigenvalue weighted by atomic mass is 16.5. The number of aromatic nitrogens is 3. The van der Waals surface area contributed by atoms with Crippen molar-refractivity contribution in [2.45, 2.75) is 38.9 Å². The van der Waals surface area contributed by atoms with Crippen LogP contribution in [0.15, 0.2) is 41.1 Å². The lowest BCUT2D eigenvalue weighted by Gasteiger charge is -2.36. The van der Waals surface area contributed by atoms with Crippen molar-refractivity contribution in [3.05, 3.63) is 36.7 Å². The Labute approximate surface area is 202 Å². The van der Waals surface area contributed by atoms with Gasteiger partial charge in [0.25, 0.3) is 0 Å². The van der Waals surface area contributed by atoms with Gasteiger partial charge in [0, 0.05) is 54.9 Å². The zero-order valence-electron chi connectivity index (χ0n) is 20.0. The predicted molar refractivity (Wildman–Crippen MR) is 136 cm³/mol. The van der Waals surface area contributed by atoms with Gasteiger partial charge in [-0.2, -0.15) is 0 Å². The maximum atomic E-state index is 12.3. The van der Waals surface area contributed by atoms with E-state index in [1.54, 1.807) is 12.4 Å². The molecule has 4 heterocycles. The minimum Gasteiger partial charge on any atom is -0.436 e. The molecule has 0 bridgehead atoms. The van der Waals surface area contributed by atoms with E-state index in [1.807, 2.05) is 19.2 Å². The summed E-state index contributed by atoms with van der Waals surface area (Å²) in [5.74, 6) is 1.80. The SMILES string of the molecule is CNc1ncc(-c2nc3cc(N4C[C@@H](C)O[C@H](C)C4)ccc3o2)c2cc(NC(=O)C3CC3)ncc12. The van der Waals surface area contributed by atoms with Gasteiger partial charge < -0.3 is 24.7 Å². The molecule has 6 rings (SSSR count). The van der Waals surface area contributed by atoms with Crippen LogP contribution in [0, 0.1) is 5.92 Å². The minimum absolute atomic E-state index is 0.0161. The lowest BCUT2D eigenvalue weighted by atomic mass is 10.1. The predicted octanol–water partition coefficient (Wildman–Crippen LogP) is 4.44. The molecule has 2 aliphatic rings. The number of nitrogens with zero attached hydrogens (tertiary/aromatic N) is 4. The Morgan fingerprint density at radius 3 is 2.60 bits per heavy atom. The number of rotatable bonds is 5. The Bertz CT molecular complexity index is 1420. The second-order valence-electron chi connectivity index (χ2n) is 9.48. The maximum Gasteiger partial charge on any atom is 0.229 e. The van der Waals surface area contributed by atoms with Crippen LogP contribution in [0.5, 0.6) is 0 Å². The molecule has 0 unspecified atom stereocenters. The summed E-state index contributed by atoms with van der Waals surface area (Å²) in [6.07, 6.45) is 5.69. The third-order valence-corrected chi connectivity index (χ3v) is 6.59. The number of carbonyl (C=O) groups is 1. The quantitative estimate of drug-likeness (QED) is 0.439. The smallest absolute Gasteiger partial charge is 0.229 e. The molecule has 1 aromatic carbocycles. The molecule has 1 saturated heterocycles. The molecule has 1 aliphatic heterocycles. The number of carbonyl (C=O) groups excluding carboxylic acids is 1. The summed E-state index contributed by atoms with van der Waals surface area (Å²) in [6.45, 7) is 5.86. The summed E-state index contributed by atoms with van der Waals surface area (Å²) >= 11 is 0. The van der Waals surface area contributed by atoms with E-state index in [1.165, 1.54) is 0 Å². The standard InChI is InChI=1S/C26H28N6O3/c1-14-12-32(13-15(2)34-14)17-6-7-22-21(8-17)30-26(35-22)20-11-29-24(27-3)19-10-28-23(9-18(19)20)31-25(33)16-4-5-16/h6-11,14-16H,4-5,12-13H2,1-3H3,(H,27,29)(H,28,31,33)/t14-,15-/m1/s1. The molecule has 2 N–H and O–H groups in total. The van der Waals surface area contributed by atoms with Gasteiger partial charge in [-0.15, -0.1) is 0 Å². The first-order valence-corrected chi connectivity index (χ1v) is 12.1. The fourth-order valence-corrected chi connectivity index (χ4v) is 4.76. The van der Waals surface area contributed by atoms with Crippen molar-refractivity contribution in [2.75, 3.05) is 35.7 Å². The van der Waals surface area contributed by atoms with Gasteiger partial charge in [0.05, 0.1) is 17.8 Å². The van der Waals surface area contributed by atoms with Gasteiger partial charge in [-0.1, -0.05) is 0 Å². The van der Waals surface area contributed by atoms with Crippen molar-refractivity contribution in [2.24, 2.45) is 5.92 Å². The highest BCUT2D eigenvalue weighted by Gasteiger charge is 2.30. The van der Waals surface area contributed by atoms with Crippen LogP contribution in [0.3, 0.4) is 0 Å². The van der Waals surface area contributed by atoms with E-state index in [0.717, 1.165) is 53.5 Å². The normalized spacial score (nSPS) is 20.4. The fraction of sp³-hybridized carbons (Fsp3) is 0.385. The van der Waals surface area contributed by atoms with Gasteiger partial charge in [-0.25, -0.2) is 15.0 Å². The molecular formula is C26H28N6O3. The first-order chi connectivity index (χ1) is 17.0. The number of hydrogen-bond donors (Lipinski definition) is 2. The molecule has 3 aromatic heterocycles. The Hall–Kier alpha value is -3.72. The molecule has 180 valence electrons. The molecule has 2 fully saturated rings. The summed E-state index contributed by atoms with van der Waals surface area (Å²) in [5.41, 5.74) is 3.34. The van der Waals surface area contributed by atoms with E-state index in [-0.39, 0.29) is 24.0 Å². The number of ether oxygens (including phenoxy) is 1. The van der Waals surface area contributed by atoms with Crippen LogP contribution in [0.2, 0.25) is 0 Å². The van der Waals surface area contributed by atoms with Gasteiger partial charge in [-0.3, -0.25) is 4.79 Å². The molecular weight excluding hydrogens is 444 g/mol. The lowest BCUT2D eigenvalue weighted by molar-refractivity contribution is -0.117. The van der Waals surface area contributed by atoms with Gasteiger partial charge in [0.1, 0.15) is 17.2 Å². The second kappa shape index (κ2) is 8.49. The van der Waals surface area contributed by atoms with Gasteiger partial charge >= 0.3 is 0 Å². The zero-order valence-corrected chi connectivity index (χ0v) is 20.0. The van der Waals surface area contributed by atoms with Crippen molar-refractivity contribution in [1.82, 2.24) is 15.0 Å². The van der Waals surface area contributed by atoms with Crippen LogP contribution in [-0.4, -0.2) is 53.2 Å². The monoisotopic (exact) mass is 472 g/mol. The number of benzene rings is 1. The Morgan fingerprint density at radius 1 is 1.06 bits per heavy atom. The van der Waals surface area contributed by atoms with Crippen molar-refractivity contribution in [3.8, 4) is 11.5 Å². The summed E-state index contributed by atoms with van der Waals surface area (Å²) in [6, 6.07) is 7.96. The fourth-order valence-electron chi connectivity index (χ4n) is 4.76. The van der Waals surface area contributed by atoms with Crippen LogP contribution in [0.1, 0.15) is 26.7 Å². The van der Waals surface area contributed by atoms with Crippen LogP contribution in [0.4, 0.5) is 17.3 Å². The third kappa shape index (κ3) is 4.16. The van der Waals surface area contributed by atoms with Crippen molar-refractivity contribution >= 4 is 45.1 Å². The molecule has 1 aliphatic carbocycles. The lowest BCUT2D eigenvalue weighted by Crippen LogP contribution is -2.45. The van der Waals surface area contributed by atoms with Gasteiger partial charge in [0.2, 0.25) is 11.8 Å². The van der Waals surface area contributed by atoms with Crippen LogP contribution < -0.4 is 15.5 Å². The average molecular weight is 473 g/mol. The summed E-state index contributed by atoms with van der Waals surface area (Å²) < 4.78 is 12.0. The summed E-state index contributed by atoms with van der Waals surface area (Å²) in [4.78, 5) is 28.4.